The minimum atomic E-state index is 0.0777. The maximum Gasteiger partial charge on any atom is 0.220 e. The number of carbonyl (C=O) groups is 1. The van der Waals surface area contributed by atoms with E-state index in [9.17, 15) is 4.79 Å². The number of amides is 1. The van der Waals surface area contributed by atoms with Crippen molar-refractivity contribution >= 4 is 5.91 Å². The van der Waals surface area contributed by atoms with E-state index >= 15 is 0 Å². The van der Waals surface area contributed by atoms with Crippen molar-refractivity contribution in [2.24, 2.45) is 5.92 Å². The summed E-state index contributed by atoms with van der Waals surface area (Å²) in [5.74, 6) is 3.43. The number of likely N-dealkylation sites (tertiary alicyclic amines) is 1. The Morgan fingerprint density at radius 3 is 2.52 bits per heavy atom. The molecule has 2 heterocycles. The van der Waals surface area contributed by atoms with Gasteiger partial charge in [-0.3, -0.25) is 9.69 Å². The van der Waals surface area contributed by atoms with Crippen LogP contribution in [0.4, 0.5) is 0 Å². The molecule has 0 spiro atoms. The van der Waals surface area contributed by atoms with Crippen molar-refractivity contribution in [3.05, 3.63) is 59.0 Å². The molecule has 27 heavy (non-hydrogen) atoms. The lowest BCUT2D eigenvalue weighted by molar-refractivity contribution is -0.121. The number of carbonyl (C=O) groups excluding carboxylic acids is 1. The first-order chi connectivity index (χ1) is 13.2. The van der Waals surface area contributed by atoms with Crippen molar-refractivity contribution in [2.75, 3.05) is 13.1 Å². The molecule has 1 saturated carbocycles. The Morgan fingerprint density at radius 2 is 1.81 bits per heavy atom. The fourth-order valence-electron chi connectivity index (χ4n) is 3.93. The van der Waals surface area contributed by atoms with Crippen LogP contribution in [0.3, 0.4) is 0 Å². The van der Waals surface area contributed by atoms with Crippen LogP contribution in [0.2, 0.25) is 0 Å². The molecule has 144 valence electrons. The molecule has 1 aromatic heterocycles. The van der Waals surface area contributed by atoms with Gasteiger partial charge in [0.25, 0.3) is 0 Å². The van der Waals surface area contributed by atoms with E-state index in [1.54, 1.807) is 0 Å². The van der Waals surface area contributed by atoms with E-state index in [0.717, 1.165) is 29.5 Å². The molecular formula is C23H30N2O2. The van der Waals surface area contributed by atoms with Crippen molar-refractivity contribution in [1.82, 2.24) is 10.2 Å². The molecule has 2 atom stereocenters. The second-order valence-corrected chi connectivity index (χ2v) is 8.20. The third-order valence-corrected chi connectivity index (χ3v) is 5.87. The number of hydrogen-bond acceptors (Lipinski definition) is 3. The second-order valence-electron chi connectivity index (χ2n) is 8.20. The molecule has 4 rings (SSSR count). The van der Waals surface area contributed by atoms with Crippen molar-refractivity contribution in [1.29, 1.82) is 0 Å². The number of aryl methyl sites for hydroxylation is 1. The zero-order valence-electron chi connectivity index (χ0n) is 16.2. The van der Waals surface area contributed by atoms with Gasteiger partial charge in [-0.05, 0) is 61.5 Å². The molecule has 2 aliphatic rings. The van der Waals surface area contributed by atoms with Gasteiger partial charge in [0.2, 0.25) is 5.91 Å². The zero-order chi connectivity index (χ0) is 18.6. The summed E-state index contributed by atoms with van der Waals surface area (Å²) in [6.45, 7) is 6.31. The predicted octanol–water partition coefficient (Wildman–Crippen LogP) is 4.25. The molecule has 1 aromatic carbocycles. The number of benzene rings is 1. The highest BCUT2D eigenvalue weighted by atomic mass is 16.3. The average Bonchev–Trinajstić information content (AvgIpc) is 3.07. The molecule has 2 unspecified atom stereocenters. The van der Waals surface area contributed by atoms with Gasteiger partial charge < -0.3 is 9.73 Å². The molecule has 1 saturated heterocycles. The van der Waals surface area contributed by atoms with E-state index in [1.807, 2.05) is 6.07 Å². The van der Waals surface area contributed by atoms with Gasteiger partial charge >= 0.3 is 0 Å². The fourth-order valence-corrected chi connectivity index (χ4v) is 3.93. The van der Waals surface area contributed by atoms with Crippen molar-refractivity contribution < 1.29 is 9.21 Å². The maximum atomic E-state index is 12.1. The molecular weight excluding hydrogens is 336 g/mol. The van der Waals surface area contributed by atoms with E-state index in [2.05, 4.69) is 47.5 Å². The van der Waals surface area contributed by atoms with Gasteiger partial charge in [-0.2, -0.15) is 0 Å². The summed E-state index contributed by atoms with van der Waals surface area (Å²) in [6, 6.07) is 12.7. The number of furan rings is 1. The Morgan fingerprint density at radius 1 is 1.11 bits per heavy atom. The minimum Gasteiger partial charge on any atom is -0.466 e. The molecule has 0 bridgehead atoms. The zero-order valence-corrected chi connectivity index (χ0v) is 16.2. The van der Waals surface area contributed by atoms with Crippen molar-refractivity contribution in [3.63, 3.8) is 0 Å². The van der Waals surface area contributed by atoms with Gasteiger partial charge in [0.05, 0.1) is 0 Å². The summed E-state index contributed by atoms with van der Waals surface area (Å²) in [6.07, 6.45) is 5.01. The van der Waals surface area contributed by atoms with Crippen LogP contribution in [-0.2, 0) is 24.3 Å². The van der Waals surface area contributed by atoms with E-state index in [0.29, 0.717) is 25.3 Å². The molecule has 2 fully saturated rings. The Kier molecular flexibility index (Phi) is 5.63. The van der Waals surface area contributed by atoms with Gasteiger partial charge in [0.1, 0.15) is 11.5 Å². The summed E-state index contributed by atoms with van der Waals surface area (Å²) < 4.78 is 5.87. The smallest absolute Gasteiger partial charge is 0.220 e. The van der Waals surface area contributed by atoms with Crippen LogP contribution in [0.1, 0.15) is 61.2 Å². The largest absolute Gasteiger partial charge is 0.466 e. The summed E-state index contributed by atoms with van der Waals surface area (Å²) >= 11 is 0. The standard InChI is InChI=1S/C23H30N2O2/c1-17-14-21(17)22-10-8-20(27-22)9-11-23(26)24-15-18-4-6-19(7-5-18)16-25-12-2-3-13-25/h4-8,10,17,21H,2-3,9,11-16H2,1H3,(H,24,26). The Labute approximate surface area is 161 Å². The number of nitrogens with zero attached hydrogens (tertiary/aromatic N) is 1. The third-order valence-electron chi connectivity index (χ3n) is 5.87. The number of rotatable bonds is 8. The van der Waals surface area contributed by atoms with Gasteiger partial charge in [0.15, 0.2) is 0 Å². The SMILES string of the molecule is CC1CC1c1ccc(CCC(=O)NCc2ccc(CN3CCCC3)cc2)o1. The lowest BCUT2D eigenvalue weighted by Gasteiger charge is -2.14. The Balaban J connectivity index is 1.18. The van der Waals surface area contributed by atoms with Crippen LogP contribution in [0.25, 0.3) is 0 Å². The Hall–Kier alpha value is -2.07. The van der Waals surface area contributed by atoms with E-state index in [4.69, 9.17) is 4.42 Å². The summed E-state index contributed by atoms with van der Waals surface area (Å²) in [5.41, 5.74) is 2.50. The molecule has 2 aromatic rings. The third kappa shape index (κ3) is 5.01. The quantitative estimate of drug-likeness (QED) is 0.760. The van der Waals surface area contributed by atoms with Gasteiger partial charge in [-0.15, -0.1) is 0 Å². The van der Waals surface area contributed by atoms with Gasteiger partial charge in [-0.25, -0.2) is 0 Å². The van der Waals surface area contributed by atoms with E-state index in [-0.39, 0.29) is 5.91 Å². The first-order valence-electron chi connectivity index (χ1n) is 10.3. The van der Waals surface area contributed by atoms with E-state index in [1.165, 1.54) is 37.9 Å². The summed E-state index contributed by atoms with van der Waals surface area (Å²) in [7, 11) is 0. The molecule has 1 aliphatic heterocycles. The lowest BCUT2D eigenvalue weighted by atomic mass is 10.1. The molecule has 4 heteroatoms. The first kappa shape index (κ1) is 18.3. The number of nitrogens with one attached hydrogen (secondary N) is 1. The highest BCUT2D eigenvalue weighted by molar-refractivity contribution is 5.76. The van der Waals surface area contributed by atoms with Crippen molar-refractivity contribution in [3.8, 4) is 0 Å². The Bertz CT molecular complexity index is 759. The summed E-state index contributed by atoms with van der Waals surface area (Å²) in [5, 5.41) is 3.02. The number of hydrogen-bond donors (Lipinski definition) is 1. The molecule has 0 radical (unpaired) electrons. The molecule has 1 N–H and O–H groups in total. The maximum absolute atomic E-state index is 12.1. The van der Waals surface area contributed by atoms with Gasteiger partial charge in [0, 0.05) is 31.8 Å². The first-order valence-corrected chi connectivity index (χ1v) is 10.3. The van der Waals surface area contributed by atoms with Crippen LogP contribution < -0.4 is 5.32 Å². The van der Waals surface area contributed by atoms with E-state index < -0.39 is 0 Å². The monoisotopic (exact) mass is 366 g/mol. The topological polar surface area (TPSA) is 45.5 Å². The van der Waals surface area contributed by atoms with Gasteiger partial charge in [-0.1, -0.05) is 31.2 Å². The van der Waals surface area contributed by atoms with Crippen LogP contribution in [0, 0.1) is 5.92 Å². The lowest BCUT2D eigenvalue weighted by Crippen LogP contribution is -2.23. The summed E-state index contributed by atoms with van der Waals surface area (Å²) in [4.78, 5) is 14.6. The molecule has 1 aliphatic carbocycles. The normalized spacial score (nSPS) is 22.1. The average molecular weight is 367 g/mol. The predicted molar refractivity (Wildman–Crippen MR) is 106 cm³/mol. The second kappa shape index (κ2) is 8.30. The van der Waals surface area contributed by atoms with Crippen LogP contribution in [0.5, 0.6) is 0 Å². The molecule has 4 nitrogen and oxygen atoms in total. The van der Waals surface area contributed by atoms with Crippen molar-refractivity contribution in [2.45, 2.75) is 58.0 Å². The van der Waals surface area contributed by atoms with Crippen LogP contribution in [-0.4, -0.2) is 23.9 Å². The fraction of sp³-hybridized carbons (Fsp3) is 0.522. The van der Waals surface area contributed by atoms with Crippen LogP contribution in [0.15, 0.2) is 40.8 Å². The highest BCUT2D eigenvalue weighted by Crippen LogP contribution is 2.47. The highest BCUT2D eigenvalue weighted by Gasteiger charge is 2.36. The molecule has 1 amide bonds. The van der Waals surface area contributed by atoms with Crippen LogP contribution >= 0.6 is 0 Å². The minimum absolute atomic E-state index is 0.0777.